The van der Waals surface area contributed by atoms with Crippen molar-refractivity contribution in [1.82, 2.24) is 5.32 Å². The SMILES string of the molecule is CC(C)CCN[C@H](CC(=O)Nc1ccc(F)cc1)C(=O)O. The summed E-state index contributed by atoms with van der Waals surface area (Å²) in [4.78, 5) is 22.9. The minimum absolute atomic E-state index is 0.176. The number of aliphatic carboxylic acids is 1. The van der Waals surface area contributed by atoms with E-state index in [1.807, 2.05) is 13.8 Å². The maximum atomic E-state index is 12.7. The van der Waals surface area contributed by atoms with Crippen molar-refractivity contribution in [3.05, 3.63) is 30.1 Å². The fraction of sp³-hybridized carbons (Fsp3) is 0.467. The third-order valence-corrected chi connectivity index (χ3v) is 2.93. The number of amides is 1. The van der Waals surface area contributed by atoms with Crippen molar-refractivity contribution in [2.24, 2.45) is 5.92 Å². The smallest absolute Gasteiger partial charge is 0.321 e. The van der Waals surface area contributed by atoms with Crippen LogP contribution in [-0.4, -0.2) is 29.6 Å². The van der Waals surface area contributed by atoms with Crippen molar-refractivity contribution in [3.8, 4) is 0 Å². The zero-order chi connectivity index (χ0) is 15.8. The highest BCUT2D eigenvalue weighted by molar-refractivity contribution is 5.93. The first-order valence-corrected chi connectivity index (χ1v) is 6.90. The standard InChI is InChI=1S/C15H21FN2O3/c1-10(2)7-8-17-13(15(20)21)9-14(19)18-12-5-3-11(16)4-6-12/h3-6,10,13,17H,7-9H2,1-2H3,(H,18,19)(H,20,21)/t13-/m1/s1. The molecular formula is C15H21FN2O3. The highest BCUT2D eigenvalue weighted by Crippen LogP contribution is 2.09. The monoisotopic (exact) mass is 296 g/mol. The lowest BCUT2D eigenvalue weighted by atomic mass is 10.1. The molecule has 0 aliphatic carbocycles. The topological polar surface area (TPSA) is 78.4 Å². The number of carbonyl (C=O) groups excluding carboxylic acids is 1. The fourth-order valence-electron chi connectivity index (χ4n) is 1.72. The minimum Gasteiger partial charge on any atom is -0.480 e. The van der Waals surface area contributed by atoms with Crippen LogP contribution in [0.2, 0.25) is 0 Å². The van der Waals surface area contributed by atoms with Gasteiger partial charge in [-0.05, 0) is 43.1 Å². The third kappa shape index (κ3) is 6.85. The van der Waals surface area contributed by atoms with Crippen LogP contribution in [0.15, 0.2) is 24.3 Å². The number of carboxylic acids is 1. The van der Waals surface area contributed by atoms with Gasteiger partial charge in [0.15, 0.2) is 0 Å². The summed E-state index contributed by atoms with van der Waals surface area (Å²) in [6, 6.07) is 4.38. The molecule has 0 unspecified atom stereocenters. The van der Waals surface area contributed by atoms with Crippen molar-refractivity contribution < 1.29 is 19.1 Å². The molecule has 0 radical (unpaired) electrons. The predicted octanol–water partition coefficient (Wildman–Crippen LogP) is 2.24. The Hall–Kier alpha value is -1.95. The van der Waals surface area contributed by atoms with E-state index >= 15 is 0 Å². The van der Waals surface area contributed by atoms with E-state index in [0.717, 1.165) is 6.42 Å². The van der Waals surface area contributed by atoms with Crippen LogP contribution in [0.5, 0.6) is 0 Å². The molecule has 1 aromatic carbocycles. The minimum atomic E-state index is -1.06. The molecule has 1 aromatic rings. The van der Waals surface area contributed by atoms with Gasteiger partial charge in [-0.25, -0.2) is 4.39 Å². The lowest BCUT2D eigenvalue weighted by Crippen LogP contribution is -2.40. The van der Waals surface area contributed by atoms with Crippen LogP contribution in [0, 0.1) is 11.7 Å². The molecule has 0 spiro atoms. The van der Waals surface area contributed by atoms with Crippen molar-refractivity contribution in [3.63, 3.8) is 0 Å². The Morgan fingerprint density at radius 3 is 2.38 bits per heavy atom. The number of nitrogens with one attached hydrogen (secondary N) is 2. The van der Waals surface area contributed by atoms with E-state index in [1.165, 1.54) is 24.3 Å². The highest BCUT2D eigenvalue weighted by atomic mass is 19.1. The number of carboxylic acid groups (broad SMARTS) is 1. The molecule has 21 heavy (non-hydrogen) atoms. The molecule has 5 nitrogen and oxygen atoms in total. The van der Waals surface area contributed by atoms with Gasteiger partial charge in [0.1, 0.15) is 11.9 Å². The van der Waals surface area contributed by atoms with Gasteiger partial charge in [-0.3, -0.25) is 9.59 Å². The maximum Gasteiger partial charge on any atom is 0.321 e. The van der Waals surface area contributed by atoms with Gasteiger partial charge >= 0.3 is 5.97 Å². The van der Waals surface area contributed by atoms with E-state index in [9.17, 15) is 14.0 Å². The molecule has 0 fully saturated rings. The summed E-state index contributed by atoms with van der Waals surface area (Å²) < 4.78 is 12.7. The summed E-state index contributed by atoms with van der Waals surface area (Å²) in [5.41, 5.74) is 0.438. The van der Waals surface area contributed by atoms with Crippen LogP contribution in [0.25, 0.3) is 0 Å². The Morgan fingerprint density at radius 2 is 1.86 bits per heavy atom. The number of benzene rings is 1. The zero-order valence-corrected chi connectivity index (χ0v) is 12.2. The molecule has 0 saturated carbocycles. The summed E-state index contributed by atoms with van der Waals surface area (Å²) in [6.45, 7) is 4.62. The molecule has 0 saturated heterocycles. The van der Waals surface area contributed by atoms with Crippen molar-refractivity contribution in [1.29, 1.82) is 0 Å². The lowest BCUT2D eigenvalue weighted by molar-refractivity contribution is -0.141. The molecule has 0 aromatic heterocycles. The fourth-order valence-corrected chi connectivity index (χ4v) is 1.72. The second-order valence-corrected chi connectivity index (χ2v) is 5.29. The number of carbonyl (C=O) groups is 2. The van der Waals surface area contributed by atoms with E-state index in [2.05, 4.69) is 10.6 Å². The molecule has 1 amide bonds. The molecule has 0 aliphatic heterocycles. The second kappa shape index (κ2) is 8.36. The quantitative estimate of drug-likeness (QED) is 0.687. The molecule has 0 heterocycles. The molecule has 3 N–H and O–H groups in total. The van der Waals surface area contributed by atoms with Gasteiger partial charge in [0.25, 0.3) is 0 Å². The van der Waals surface area contributed by atoms with Crippen LogP contribution in [0.4, 0.5) is 10.1 Å². The Bertz CT molecular complexity index is 474. The van der Waals surface area contributed by atoms with E-state index in [1.54, 1.807) is 0 Å². The lowest BCUT2D eigenvalue weighted by Gasteiger charge is -2.15. The number of rotatable bonds is 8. The summed E-state index contributed by atoms with van der Waals surface area (Å²) >= 11 is 0. The number of hydrogen-bond acceptors (Lipinski definition) is 3. The Kier molecular flexibility index (Phi) is 6.81. The number of hydrogen-bond donors (Lipinski definition) is 3. The average Bonchev–Trinajstić information content (AvgIpc) is 2.39. The normalized spacial score (nSPS) is 12.2. The number of anilines is 1. The molecule has 0 aliphatic rings. The first kappa shape index (κ1) is 17.1. The van der Waals surface area contributed by atoms with E-state index in [4.69, 9.17) is 5.11 Å². The molecule has 0 bridgehead atoms. The first-order chi connectivity index (χ1) is 9.88. The summed E-state index contributed by atoms with van der Waals surface area (Å²) in [5, 5.41) is 14.5. The van der Waals surface area contributed by atoms with Crippen molar-refractivity contribution in [2.45, 2.75) is 32.7 Å². The van der Waals surface area contributed by atoms with Gasteiger partial charge in [-0.1, -0.05) is 13.8 Å². The first-order valence-electron chi connectivity index (χ1n) is 6.90. The molecular weight excluding hydrogens is 275 g/mol. The van der Waals surface area contributed by atoms with Gasteiger partial charge in [-0.2, -0.15) is 0 Å². The molecule has 6 heteroatoms. The maximum absolute atomic E-state index is 12.7. The van der Waals surface area contributed by atoms with Gasteiger partial charge in [-0.15, -0.1) is 0 Å². The van der Waals surface area contributed by atoms with Gasteiger partial charge in [0, 0.05) is 5.69 Å². The van der Waals surface area contributed by atoms with Gasteiger partial charge < -0.3 is 15.7 Å². The Balaban J connectivity index is 2.48. The van der Waals surface area contributed by atoms with Gasteiger partial charge in [0.05, 0.1) is 6.42 Å². The summed E-state index contributed by atoms with van der Waals surface area (Å²) in [7, 11) is 0. The van der Waals surface area contributed by atoms with E-state index < -0.39 is 23.7 Å². The highest BCUT2D eigenvalue weighted by Gasteiger charge is 2.20. The average molecular weight is 296 g/mol. The van der Waals surface area contributed by atoms with E-state index in [0.29, 0.717) is 18.2 Å². The Morgan fingerprint density at radius 1 is 1.24 bits per heavy atom. The van der Waals surface area contributed by atoms with Crippen LogP contribution in [0.3, 0.4) is 0 Å². The van der Waals surface area contributed by atoms with Crippen LogP contribution >= 0.6 is 0 Å². The van der Waals surface area contributed by atoms with Crippen molar-refractivity contribution in [2.75, 3.05) is 11.9 Å². The van der Waals surface area contributed by atoms with Crippen molar-refractivity contribution >= 4 is 17.6 Å². The predicted molar refractivity (Wildman–Crippen MR) is 78.5 cm³/mol. The molecule has 1 atom stereocenters. The summed E-state index contributed by atoms with van der Waals surface area (Å²) in [6.07, 6.45) is 0.661. The number of halogens is 1. The second-order valence-electron chi connectivity index (χ2n) is 5.29. The molecule has 116 valence electrons. The van der Waals surface area contributed by atoms with Crippen LogP contribution < -0.4 is 10.6 Å². The van der Waals surface area contributed by atoms with Crippen LogP contribution in [-0.2, 0) is 9.59 Å². The third-order valence-electron chi connectivity index (χ3n) is 2.93. The van der Waals surface area contributed by atoms with Gasteiger partial charge in [0.2, 0.25) is 5.91 Å². The molecule has 1 rings (SSSR count). The van der Waals surface area contributed by atoms with E-state index in [-0.39, 0.29) is 6.42 Å². The largest absolute Gasteiger partial charge is 0.480 e. The summed E-state index contributed by atoms with van der Waals surface area (Å²) in [5.74, 6) is -1.43. The Labute approximate surface area is 123 Å². The van der Waals surface area contributed by atoms with Crippen LogP contribution in [0.1, 0.15) is 26.7 Å². The zero-order valence-electron chi connectivity index (χ0n) is 12.2.